The number of rotatable bonds is 29. The van der Waals surface area contributed by atoms with Crippen molar-refractivity contribution in [1.29, 1.82) is 0 Å². The number of methoxy groups -OCH3 is 3. The number of ether oxygens (including phenoxy) is 9. The van der Waals surface area contributed by atoms with Gasteiger partial charge in [-0.15, -0.1) is 0 Å². The molecule has 1 aliphatic heterocycles. The van der Waals surface area contributed by atoms with Crippen molar-refractivity contribution in [3.8, 4) is 0 Å². The molecule has 85 heavy (non-hydrogen) atoms. The Morgan fingerprint density at radius 2 is 0.906 bits per heavy atom. The Hall–Kier alpha value is -6.48. The Balaban J connectivity index is 0.000000613. The van der Waals surface area contributed by atoms with E-state index in [4.69, 9.17) is 43.6 Å². The van der Waals surface area contributed by atoms with Crippen LogP contribution in [0.5, 0.6) is 0 Å². The zero-order valence-corrected chi connectivity index (χ0v) is 52.2. The standard InChI is InChI=1S/C21H34N2O6.C19H30N2O6.C18H25NO5.C3H9NO/c1-6-28-19(25)17(22-12-13-27-5)18(24)16(14-15-10-8-7-9-11-15)23-20(26)29-21(2,3)4;1-19(2,3)27-18(25)21-14(12-13-8-6-5-7-9-13)16(22)15(17(23)24)20-10-11-26-4;1-5-22-16(20)15-14(23-15)13(11-12-9-7-6-8-10-12)19-17(21)24-18(2,3)4;1-5-3-2-4/h7-11,16-18,22,24H,6,12-14H2,1-5H3,(H,23,26);5-9,14-16,20,22H,10-12H2,1-4H3,(H,21,25)(H,23,24);6-10,13-15H,5,11H2,1-4H3,(H,19,21);2-4H2,1H3/t16-,17+,18+;14-,15+,16+;13-,14+,15?;/m000./s1. The molecule has 10 N–H and O–H groups in total. The lowest BCUT2D eigenvalue weighted by Gasteiger charge is -2.31. The van der Waals surface area contributed by atoms with Crippen LogP contribution in [0.25, 0.3) is 0 Å². The van der Waals surface area contributed by atoms with Gasteiger partial charge in [-0.1, -0.05) is 91.0 Å². The van der Waals surface area contributed by atoms with E-state index in [0.717, 1.165) is 16.7 Å². The van der Waals surface area contributed by atoms with Crippen molar-refractivity contribution in [3.05, 3.63) is 108 Å². The third-order valence-electron chi connectivity index (χ3n) is 11.4. The fourth-order valence-electron chi connectivity index (χ4n) is 7.73. The fourth-order valence-corrected chi connectivity index (χ4v) is 7.73. The van der Waals surface area contributed by atoms with Crippen LogP contribution in [0, 0.1) is 0 Å². The van der Waals surface area contributed by atoms with Gasteiger partial charge in [0.15, 0.2) is 6.10 Å². The molecule has 3 aromatic carbocycles. The quantitative estimate of drug-likeness (QED) is 0.0194. The summed E-state index contributed by atoms with van der Waals surface area (Å²) >= 11 is 0. The third kappa shape index (κ3) is 34.9. The molecule has 0 aliphatic carbocycles. The number of alkyl carbamates (subject to hydrolysis) is 3. The number of amides is 3. The smallest absolute Gasteiger partial charge is 0.407 e. The minimum Gasteiger partial charge on any atom is -0.480 e. The van der Waals surface area contributed by atoms with E-state index >= 15 is 0 Å². The third-order valence-corrected chi connectivity index (χ3v) is 11.4. The summed E-state index contributed by atoms with van der Waals surface area (Å²) in [5, 5.41) is 45.0. The fraction of sp³-hybridized carbons (Fsp3) is 0.607. The number of benzene rings is 3. The highest BCUT2D eigenvalue weighted by molar-refractivity contribution is 5.79. The van der Waals surface area contributed by atoms with Crippen molar-refractivity contribution in [3.63, 3.8) is 0 Å². The molecule has 1 saturated heterocycles. The first-order valence-electron chi connectivity index (χ1n) is 28.3. The molecule has 0 spiro atoms. The molecule has 1 aliphatic rings. The second-order valence-corrected chi connectivity index (χ2v) is 22.3. The summed E-state index contributed by atoms with van der Waals surface area (Å²) < 4.78 is 45.9. The number of carbonyl (C=O) groups excluding carboxylic acids is 5. The van der Waals surface area contributed by atoms with Crippen LogP contribution in [0.1, 0.15) is 92.9 Å². The normalized spacial score (nSPS) is 16.1. The number of aliphatic hydroxyl groups is 2. The minimum atomic E-state index is -1.38. The molecule has 0 aromatic heterocycles. The molecule has 24 heteroatoms. The number of hydrogen-bond donors (Lipinski definition) is 9. The zero-order valence-electron chi connectivity index (χ0n) is 52.2. The summed E-state index contributed by atoms with van der Waals surface area (Å²) in [6, 6.07) is 24.0. The van der Waals surface area contributed by atoms with Gasteiger partial charge in [-0.2, -0.15) is 0 Å². The molecular weight excluding hydrogens is 1100 g/mol. The van der Waals surface area contributed by atoms with E-state index in [0.29, 0.717) is 52.4 Å². The number of carboxylic acid groups (broad SMARTS) is 1. The maximum Gasteiger partial charge on any atom is 0.407 e. The van der Waals surface area contributed by atoms with E-state index in [-0.39, 0.29) is 25.6 Å². The van der Waals surface area contributed by atoms with Crippen LogP contribution in [0.15, 0.2) is 91.0 Å². The van der Waals surface area contributed by atoms with Gasteiger partial charge in [0.1, 0.15) is 47.2 Å². The highest BCUT2D eigenvalue weighted by atomic mass is 16.6. The first-order valence-corrected chi connectivity index (χ1v) is 28.3. The van der Waals surface area contributed by atoms with Crippen LogP contribution >= 0.6 is 0 Å². The molecule has 3 amide bonds. The Morgan fingerprint density at radius 3 is 1.25 bits per heavy atom. The molecule has 480 valence electrons. The Labute approximate surface area is 502 Å². The molecule has 1 unspecified atom stereocenters. The topological polar surface area (TPSA) is 336 Å². The number of carboxylic acids is 1. The Bertz CT molecular complexity index is 2330. The summed E-state index contributed by atoms with van der Waals surface area (Å²) in [6.45, 7) is 22.3. The number of hydrogen-bond acceptors (Lipinski definition) is 20. The van der Waals surface area contributed by atoms with E-state index in [2.05, 4.69) is 31.3 Å². The second-order valence-electron chi connectivity index (χ2n) is 22.3. The maximum atomic E-state index is 12.4. The molecule has 0 saturated carbocycles. The summed E-state index contributed by atoms with van der Waals surface area (Å²) in [5.41, 5.74) is 5.80. The molecule has 1 heterocycles. The Kier molecular flexibility index (Phi) is 36.7. The lowest BCUT2D eigenvalue weighted by Crippen LogP contribution is -2.58. The Morgan fingerprint density at radius 1 is 0.541 bits per heavy atom. The monoisotopic (exact) mass is 1200 g/mol. The van der Waals surface area contributed by atoms with Crippen molar-refractivity contribution in [1.82, 2.24) is 26.6 Å². The van der Waals surface area contributed by atoms with Crippen LogP contribution < -0.4 is 32.3 Å². The van der Waals surface area contributed by atoms with E-state index in [1.807, 2.05) is 91.0 Å². The first kappa shape index (κ1) is 76.5. The maximum absolute atomic E-state index is 12.4. The molecule has 9 atom stereocenters. The van der Waals surface area contributed by atoms with Gasteiger partial charge in [0.25, 0.3) is 0 Å². The SMILES string of the molecule is CCOC(=O)C1O[C@@H]1[C@H](Cc1ccccc1)NC(=O)OC(C)(C)C.CCOC(=O)[C@H](NCCOC)[C@H](O)[C@H](Cc1ccccc1)NC(=O)OC(C)(C)C.COCCN.COCCN[C@@H](C(=O)O)[C@H](O)[C@H](Cc1ccccc1)NC(=O)OC(C)(C)C. The molecule has 24 nitrogen and oxygen atoms in total. The number of esters is 2. The molecule has 3 aromatic rings. The van der Waals surface area contributed by atoms with E-state index in [1.165, 1.54) is 7.11 Å². The van der Waals surface area contributed by atoms with Crippen LogP contribution in [0.3, 0.4) is 0 Å². The average molecular weight is 1200 g/mol. The summed E-state index contributed by atoms with van der Waals surface area (Å²) in [6.07, 6.45) is -4.49. The summed E-state index contributed by atoms with van der Waals surface area (Å²) in [7, 11) is 4.67. The average Bonchev–Trinajstić information content (AvgIpc) is 2.58. The number of nitrogens with two attached hydrogens (primary N) is 1. The van der Waals surface area contributed by atoms with E-state index in [9.17, 15) is 44.1 Å². The van der Waals surface area contributed by atoms with E-state index < -0.39 is 102 Å². The lowest BCUT2D eigenvalue weighted by atomic mass is 9.96. The van der Waals surface area contributed by atoms with Crippen molar-refractivity contribution >= 4 is 36.2 Å². The van der Waals surface area contributed by atoms with Gasteiger partial charge >= 0.3 is 36.2 Å². The largest absolute Gasteiger partial charge is 0.480 e. The predicted molar refractivity (Wildman–Crippen MR) is 320 cm³/mol. The number of aliphatic hydroxyl groups excluding tert-OH is 2. The second kappa shape index (κ2) is 40.8. The van der Waals surface area contributed by atoms with Crippen LogP contribution in [0.2, 0.25) is 0 Å². The van der Waals surface area contributed by atoms with Gasteiger partial charge in [-0.3, -0.25) is 20.2 Å². The van der Waals surface area contributed by atoms with Gasteiger partial charge in [-0.25, -0.2) is 19.2 Å². The molecule has 0 bridgehead atoms. The van der Waals surface area contributed by atoms with Crippen LogP contribution in [0.4, 0.5) is 14.4 Å². The van der Waals surface area contributed by atoms with Crippen molar-refractivity contribution < 1.29 is 86.7 Å². The van der Waals surface area contributed by atoms with Gasteiger partial charge < -0.3 is 79.6 Å². The van der Waals surface area contributed by atoms with Crippen LogP contribution in [-0.4, -0.2) is 197 Å². The first-order chi connectivity index (χ1) is 40.0. The highest BCUT2D eigenvalue weighted by Crippen LogP contribution is 2.29. The number of aliphatic carboxylic acids is 1. The van der Waals surface area contributed by atoms with Crippen molar-refractivity contribution in [2.45, 2.75) is 167 Å². The van der Waals surface area contributed by atoms with E-state index in [1.54, 1.807) is 90.4 Å². The summed E-state index contributed by atoms with van der Waals surface area (Å²) in [4.78, 5) is 72.4. The molecule has 4 rings (SSSR count). The lowest BCUT2D eigenvalue weighted by molar-refractivity contribution is -0.149. The van der Waals surface area contributed by atoms with Crippen molar-refractivity contribution in [2.24, 2.45) is 5.73 Å². The zero-order chi connectivity index (χ0) is 64.2. The molecule has 1 fully saturated rings. The minimum absolute atomic E-state index is 0.177. The molecular formula is C61H98N6O18. The number of carbonyl (C=O) groups is 6. The predicted octanol–water partition coefficient (Wildman–Crippen LogP) is 4.87. The highest BCUT2D eigenvalue weighted by Gasteiger charge is 2.51. The molecule has 0 radical (unpaired) electrons. The van der Waals surface area contributed by atoms with Gasteiger partial charge in [0, 0.05) is 41.0 Å². The summed E-state index contributed by atoms with van der Waals surface area (Å²) in [5.74, 6) is -2.21. The van der Waals surface area contributed by atoms with Gasteiger partial charge in [0.2, 0.25) is 0 Å². The van der Waals surface area contributed by atoms with Gasteiger partial charge in [0.05, 0.1) is 51.2 Å². The number of nitrogens with one attached hydrogen (secondary N) is 5. The van der Waals surface area contributed by atoms with Crippen molar-refractivity contribution in [2.75, 3.05) is 74.0 Å². The number of epoxide rings is 1. The van der Waals surface area contributed by atoms with Crippen LogP contribution in [-0.2, 0) is 76.3 Å². The van der Waals surface area contributed by atoms with Gasteiger partial charge in [-0.05, 0) is 112 Å².